The number of nitrogens with one attached hydrogen (secondary N) is 2. The number of benzene rings is 2. The van der Waals surface area contributed by atoms with E-state index < -0.39 is 23.5 Å². The van der Waals surface area contributed by atoms with Gasteiger partial charge in [-0.05, 0) is 42.8 Å². The third kappa shape index (κ3) is 3.84. The minimum Gasteiger partial charge on any atom is -0.506 e. The molecule has 3 rings (SSSR count). The number of para-hydroxylation sites is 1. The second-order valence-corrected chi connectivity index (χ2v) is 6.77. The molecule has 0 fully saturated rings. The Morgan fingerprint density at radius 1 is 1.18 bits per heavy atom. The highest BCUT2D eigenvalue weighted by Crippen LogP contribution is 2.25. The van der Waals surface area contributed by atoms with E-state index in [1.807, 2.05) is 0 Å². The first kappa shape index (κ1) is 19.4. The summed E-state index contributed by atoms with van der Waals surface area (Å²) in [6.45, 7) is 1.67. The number of amides is 1. The number of phenols is 1. The highest BCUT2D eigenvalue weighted by molar-refractivity contribution is 6.30. The SMILES string of the molecule is Cc1c(CC(NC(=O)c2ccc(Cl)cc2)C(=O)O)c(=O)[nH]c2c(O)cccc12. The van der Waals surface area contributed by atoms with E-state index in [0.717, 1.165) is 0 Å². The third-order valence-corrected chi connectivity index (χ3v) is 4.78. The number of aryl methyl sites for hydroxylation is 1. The van der Waals surface area contributed by atoms with Gasteiger partial charge in [0.2, 0.25) is 0 Å². The Hall–Kier alpha value is -3.32. The number of aromatic nitrogens is 1. The van der Waals surface area contributed by atoms with Crippen molar-refractivity contribution in [2.75, 3.05) is 0 Å². The van der Waals surface area contributed by atoms with Crippen LogP contribution in [0.1, 0.15) is 21.5 Å². The van der Waals surface area contributed by atoms with E-state index in [9.17, 15) is 24.6 Å². The zero-order valence-electron chi connectivity index (χ0n) is 14.8. The Kier molecular flexibility index (Phi) is 5.37. The molecule has 1 amide bonds. The quantitative estimate of drug-likeness (QED) is 0.525. The normalized spacial score (nSPS) is 11.9. The average molecular weight is 401 g/mol. The molecular weight excluding hydrogens is 384 g/mol. The summed E-state index contributed by atoms with van der Waals surface area (Å²) in [6, 6.07) is 9.49. The summed E-state index contributed by atoms with van der Waals surface area (Å²) < 4.78 is 0. The number of hydrogen-bond acceptors (Lipinski definition) is 4. The van der Waals surface area contributed by atoms with Gasteiger partial charge in [0.05, 0.1) is 5.52 Å². The number of carbonyl (C=O) groups is 2. The molecule has 28 heavy (non-hydrogen) atoms. The van der Waals surface area contributed by atoms with Crippen molar-refractivity contribution in [2.24, 2.45) is 0 Å². The number of carboxylic acids is 1. The molecule has 1 unspecified atom stereocenters. The molecule has 0 bridgehead atoms. The second kappa shape index (κ2) is 7.74. The number of carbonyl (C=O) groups excluding carboxylic acids is 1. The van der Waals surface area contributed by atoms with E-state index in [1.165, 1.54) is 30.3 Å². The number of aromatic amines is 1. The van der Waals surface area contributed by atoms with Gasteiger partial charge in [-0.2, -0.15) is 0 Å². The van der Waals surface area contributed by atoms with Crippen molar-refractivity contribution in [3.63, 3.8) is 0 Å². The minimum atomic E-state index is -1.31. The predicted molar refractivity (Wildman–Crippen MR) is 105 cm³/mol. The molecule has 0 aliphatic carbocycles. The number of aromatic hydroxyl groups is 1. The van der Waals surface area contributed by atoms with E-state index in [1.54, 1.807) is 19.1 Å². The molecule has 1 heterocycles. The van der Waals surface area contributed by atoms with Crippen LogP contribution in [0, 0.1) is 6.92 Å². The number of hydrogen-bond donors (Lipinski definition) is 4. The van der Waals surface area contributed by atoms with E-state index in [2.05, 4.69) is 10.3 Å². The number of fused-ring (bicyclic) bond motifs is 1. The molecule has 2 aromatic carbocycles. The maximum absolute atomic E-state index is 12.5. The van der Waals surface area contributed by atoms with Gasteiger partial charge in [0, 0.05) is 28.0 Å². The number of rotatable bonds is 5. The Bertz CT molecular complexity index is 1120. The molecule has 0 saturated heterocycles. The summed E-state index contributed by atoms with van der Waals surface area (Å²) in [5, 5.41) is 22.9. The number of H-pyrrole nitrogens is 1. The third-order valence-electron chi connectivity index (χ3n) is 4.53. The van der Waals surface area contributed by atoms with Crippen molar-refractivity contribution in [3.8, 4) is 5.75 Å². The van der Waals surface area contributed by atoms with E-state index in [0.29, 0.717) is 16.0 Å². The van der Waals surface area contributed by atoms with Crippen LogP contribution in [-0.2, 0) is 11.2 Å². The first-order chi connectivity index (χ1) is 13.3. The number of pyridine rings is 1. The molecule has 1 aromatic heterocycles. The highest BCUT2D eigenvalue weighted by Gasteiger charge is 2.24. The highest BCUT2D eigenvalue weighted by atomic mass is 35.5. The largest absolute Gasteiger partial charge is 0.506 e. The van der Waals surface area contributed by atoms with Crippen LogP contribution in [0.5, 0.6) is 5.75 Å². The van der Waals surface area contributed by atoms with Gasteiger partial charge in [0.25, 0.3) is 11.5 Å². The average Bonchev–Trinajstić information content (AvgIpc) is 2.65. The molecule has 144 valence electrons. The Morgan fingerprint density at radius 2 is 1.86 bits per heavy atom. The summed E-state index contributed by atoms with van der Waals surface area (Å²) in [5.41, 5.74) is 0.789. The number of halogens is 1. The van der Waals surface area contributed by atoms with Crippen LogP contribution in [0.2, 0.25) is 5.02 Å². The lowest BCUT2D eigenvalue weighted by Gasteiger charge is -2.16. The van der Waals surface area contributed by atoms with Crippen molar-refractivity contribution in [1.29, 1.82) is 0 Å². The molecule has 0 saturated carbocycles. The Balaban J connectivity index is 1.93. The van der Waals surface area contributed by atoms with Gasteiger partial charge < -0.3 is 20.5 Å². The van der Waals surface area contributed by atoms with Crippen LogP contribution in [0.3, 0.4) is 0 Å². The van der Waals surface area contributed by atoms with Crippen LogP contribution < -0.4 is 10.9 Å². The lowest BCUT2D eigenvalue weighted by atomic mass is 9.98. The predicted octanol–water partition coefficient (Wildman–Crippen LogP) is 2.62. The first-order valence-electron chi connectivity index (χ1n) is 8.40. The number of aliphatic carboxylic acids is 1. The summed E-state index contributed by atoms with van der Waals surface area (Å²) >= 11 is 5.79. The van der Waals surface area contributed by atoms with Crippen LogP contribution in [0.15, 0.2) is 47.3 Å². The van der Waals surface area contributed by atoms with Crippen LogP contribution in [0.4, 0.5) is 0 Å². The molecule has 4 N–H and O–H groups in total. The second-order valence-electron chi connectivity index (χ2n) is 6.33. The van der Waals surface area contributed by atoms with Crippen LogP contribution in [-0.4, -0.2) is 33.1 Å². The van der Waals surface area contributed by atoms with E-state index in [-0.39, 0.29) is 28.8 Å². The van der Waals surface area contributed by atoms with E-state index >= 15 is 0 Å². The molecular formula is C20H17ClN2O5. The summed E-state index contributed by atoms with van der Waals surface area (Å²) in [7, 11) is 0. The fraction of sp³-hybridized carbons (Fsp3) is 0.150. The van der Waals surface area contributed by atoms with Gasteiger partial charge in [0.1, 0.15) is 11.8 Å². The van der Waals surface area contributed by atoms with Crippen molar-refractivity contribution < 1.29 is 19.8 Å². The topological polar surface area (TPSA) is 119 Å². The van der Waals surface area contributed by atoms with Crippen molar-refractivity contribution in [2.45, 2.75) is 19.4 Å². The van der Waals surface area contributed by atoms with Gasteiger partial charge in [-0.3, -0.25) is 9.59 Å². The van der Waals surface area contributed by atoms with Gasteiger partial charge in [-0.25, -0.2) is 4.79 Å². The molecule has 0 radical (unpaired) electrons. The summed E-state index contributed by atoms with van der Waals surface area (Å²) in [5.74, 6) is -1.93. The van der Waals surface area contributed by atoms with Crippen LogP contribution in [0.25, 0.3) is 10.9 Å². The molecule has 0 aliphatic heterocycles. The molecule has 3 aromatic rings. The lowest BCUT2D eigenvalue weighted by molar-refractivity contribution is -0.139. The van der Waals surface area contributed by atoms with Gasteiger partial charge in [-0.15, -0.1) is 0 Å². The fourth-order valence-electron chi connectivity index (χ4n) is 3.00. The minimum absolute atomic E-state index is 0.0740. The molecule has 0 spiro atoms. The molecule has 1 atom stereocenters. The zero-order valence-corrected chi connectivity index (χ0v) is 15.6. The van der Waals surface area contributed by atoms with Gasteiger partial charge in [0.15, 0.2) is 0 Å². The van der Waals surface area contributed by atoms with E-state index in [4.69, 9.17) is 11.6 Å². The first-order valence-corrected chi connectivity index (χ1v) is 8.78. The standard InChI is InChI=1S/C20H17ClN2O5/c1-10-13-3-2-4-16(24)17(13)23-19(26)14(10)9-15(20(27)28)22-18(25)11-5-7-12(21)8-6-11/h2-8,15,24H,9H2,1H3,(H,22,25)(H,23,26)(H,27,28). The monoisotopic (exact) mass is 400 g/mol. The molecule has 8 heteroatoms. The summed E-state index contributed by atoms with van der Waals surface area (Å²) in [6.07, 6.45) is -0.207. The van der Waals surface area contributed by atoms with Crippen molar-refractivity contribution in [1.82, 2.24) is 10.3 Å². The molecule has 7 nitrogen and oxygen atoms in total. The van der Waals surface area contributed by atoms with Gasteiger partial charge in [-0.1, -0.05) is 23.7 Å². The maximum Gasteiger partial charge on any atom is 0.326 e. The fourth-order valence-corrected chi connectivity index (χ4v) is 3.12. The van der Waals surface area contributed by atoms with Crippen molar-refractivity contribution >= 4 is 34.4 Å². The maximum atomic E-state index is 12.5. The smallest absolute Gasteiger partial charge is 0.326 e. The van der Waals surface area contributed by atoms with Crippen molar-refractivity contribution in [3.05, 3.63) is 74.5 Å². The Labute approximate surface area is 164 Å². The molecule has 0 aliphatic rings. The summed E-state index contributed by atoms with van der Waals surface area (Å²) in [4.78, 5) is 39.1. The number of phenolic OH excluding ortho intramolecular Hbond substituents is 1. The van der Waals surface area contributed by atoms with Gasteiger partial charge >= 0.3 is 5.97 Å². The lowest BCUT2D eigenvalue weighted by Crippen LogP contribution is -2.43. The Morgan fingerprint density at radius 3 is 2.50 bits per heavy atom. The zero-order chi connectivity index (χ0) is 20.4. The number of carboxylic acid groups (broad SMARTS) is 1. The van der Waals surface area contributed by atoms with Crippen LogP contribution >= 0.6 is 11.6 Å².